The van der Waals surface area contributed by atoms with E-state index in [0.717, 1.165) is 11.4 Å². The molecular formula is C14H13N5. The molecule has 1 aromatic heterocycles. The fourth-order valence-electron chi connectivity index (χ4n) is 1.81. The van der Waals surface area contributed by atoms with E-state index in [-0.39, 0.29) is 5.95 Å². The van der Waals surface area contributed by atoms with E-state index in [1.165, 1.54) is 0 Å². The zero-order valence-electron chi connectivity index (χ0n) is 10.2. The predicted molar refractivity (Wildman–Crippen MR) is 75.5 cm³/mol. The maximum absolute atomic E-state index is 5.69. The summed E-state index contributed by atoms with van der Waals surface area (Å²) in [6, 6.07) is 19.5. The molecule has 94 valence electrons. The van der Waals surface area contributed by atoms with Crippen LogP contribution in [-0.2, 0) is 0 Å². The van der Waals surface area contributed by atoms with Crippen molar-refractivity contribution in [1.29, 1.82) is 0 Å². The zero-order chi connectivity index (χ0) is 13.1. The Labute approximate surface area is 110 Å². The monoisotopic (exact) mass is 251 g/mol. The Morgan fingerprint density at radius 1 is 0.895 bits per heavy atom. The number of nitrogen functional groups attached to an aromatic ring is 1. The average Bonchev–Trinajstić information content (AvgIpc) is 2.82. The highest BCUT2D eigenvalue weighted by atomic mass is 15.4. The first kappa shape index (κ1) is 11.3. The van der Waals surface area contributed by atoms with Crippen LogP contribution in [-0.4, -0.2) is 14.8 Å². The molecule has 0 saturated heterocycles. The maximum atomic E-state index is 5.69. The van der Waals surface area contributed by atoms with Crippen LogP contribution in [0.5, 0.6) is 0 Å². The van der Waals surface area contributed by atoms with Crippen LogP contribution in [0.2, 0.25) is 0 Å². The topological polar surface area (TPSA) is 68.8 Å². The van der Waals surface area contributed by atoms with Crippen molar-refractivity contribution in [2.75, 3.05) is 11.1 Å². The first-order valence-electron chi connectivity index (χ1n) is 5.93. The van der Waals surface area contributed by atoms with E-state index in [0.29, 0.717) is 5.95 Å². The van der Waals surface area contributed by atoms with Crippen molar-refractivity contribution in [3.8, 4) is 5.69 Å². The second-order valence-corrected chi connectivity index (χ2v) is 4.03. The molecule has 19 heavy (non-hydrogen) atoms. The molecule has 0 amide bonds. The summed E-state index contributed by atoms with van der Waals surface area (Å²) in [6.07, 6.45) is 0. The lowest BCUT2D eigenvalue weighted by molar-refractivity contribution is 0.892. The van der Waals surface area contributed by atoms with Gasteiger partial charge in [-0.2, -0.15) is 9.67 Å². The van der Waals surface area contributed by atoms with Crippen LogP contribution >= 0.6 is 0 Å². The molecule has 5 heteroatoms. The summed E-state index contributed by atoms with van der Waals surface area (Å²) in [5.74, 6) is 0.831. The molecular weight excluding hydrogens is 238 g/mol. The first-order valence-corrected chi connectivity index (χ1v) is 5.93. The minimum absolute atomic E-state index is 0.238. The van der Waals surface area contributed by atoms with Crippen LogP contribution < -0.4 is 11.1 Å². The summed E-state index contributed by atoms with van der Waals surface area (Å²) in [5, 5.41) is 7.40. The number of nitrogens with two attached hydrogens (primary N) is 1. The summed E-state index contributed by atoms with van der Waals surface area (Å²) in [4.78, 5) is 4.20. The second-order valence-electron chi connectivity index (χ2n) is 4.03. The second kappa shape index (κ2) is 4.81. The van der Waals surface area contributed by atoms with Crippen molar-refractivity contribution in [2.45, 2.75) is 0 Å². The molecule has 3 N–H and O–H groups in total. The summed E-state index contributed by atoms with van der Waals surface area (Å²) in [5.41, 5.74) is 7.53. The summed E-state index contributed by atoms with van der Waals surface area (Å²) in [6.45, 7) is 0. The molecule has 0 bridgehead atoms. The number of aromatic nitrogens is 3. The van der Waals surface area contributed by atoms with Gasteiger partial charge in [-0.15, -0.1) is 5.10 Å². The minimum Gasteiger partial charge on any atom is -0.366 e. The van der Waals surface area contributed by atoms with E-state index in [4.69, 9.17) is 5.73 Å². The van der Waals surface area contributed by atoms with Gasteiger partial charge in [0.1, 0.15) is 0 Å². The van der Waals surface area contributed by atoms with Crippen LogP contribution in [0.4, 0.5) is 17.6 Å². The Balaban J connectivity index is 1.99. The van der Waals surface area contributed by atoms with E-state index >= 15 is 0 Å². The van der Waals surface area contributed by atoms with E-state index in [1.54, 1.807) is 4.68 Å². The van der Waals surface area contributed by atoms with Crippen LogP contribution in [0.15, 0.2) is 60.7 Å². The van der Waals surface area contributed by atoms with Crippen LogP contribution in [0.1, 0.15) is 0 Å². The van der Waals surface area contributed by atoms with Crippen molar-refractivity contribution < 1.29 is 0 Å². The first-order chi connectivity index (χ1) is 9.33. The van der Waals surface area contributed by atoms with Crippen LogP contribution in [0.25, 0.3) is 5.69 Å². The SMILES string of the molecule is Nc1nc(Nc2ccccc2)n(-c2ccccc2)n1. The Bertz CT molecular complexity index is 661. The number of nitrogens with one attached hydrogen (secondary N) is 1. The summed E-state index contributed by atoms with van der Waals surface area (Å²) in [7, 11) is 0. The van der Waals surface area contributed by atoms with Gasteiger partial charge in [0.25, 0.3) is 0 Å². The fraction of sp³-hybridized carbons (Fsp3) is 0. The Hall–Kier alpha value is -2.82. The minimum atomic E-state index is 0.238. The molecule has 3 rings (SSSR count). The number of benzene rings is 2. The van der Waals surface area contributed by atoms with Crippen molar-refractivity contribution in [1.82, 2.24) is 14.8 Å². The molecule has 0 unspecified atom stereocenters. The number of anilines is 3. The quantitative estimate of drug-likeness (QED) is 0.750. The molecule has 0 saturated carbocycles. The molecule has 0 fully saturated rings. The lowest BCUT2D eigenvalue weighted by Gasteiger charge is -2.07. The highest BCUT2D eigenvalue weighted by Gasteiger charge is 2.09. The van der Waals surface area contributed by atoms with Gasteiger partial charge < -0.3 is 11.1 Å². The van der Waals surface area contributed by atoms with Gasteiger partial charge in [-0.05, 0) is 24.3 Å². The van der Waals surface area contributed by atoms with Gasteiger partial charge >= 0.3 is 0 Å². The predicted octanol–water partition coefficient (Wildman–Crippen LogP) is 2.59. The molecule has 1 heterocycles. The smallest absolute Gasteiger partial charge is 0.241 e. The van der Waals surface area contributed by atoms with Gasteiger partial charge in [-0.1, -0.05) is 36.4 Å². The van der Waals surface area contributed by atoms with Crippen molar-refractivity contribution in [3.63, 3.8) is 0 Å². The van der Waals surface area contributed by atoms with Gasteiger partial charge in [0.05, 0.1) is 5.69 Å². The molecule has 0 atom stereocenters. The molecule has 0 radical (unpaired) electrons. The van der Waals surface area contributed by atoms with E-state index in [2.05, 4.69) is 15.4 Å². The average molecular weight is 251 g/mol. The third-order valence-corrected chi connectivity index (χ3v) is 2.65. The van der Waals surface area contributed by atoms with Crippen molar-refractivity contribution in [3.05, 3.63) is 60.7 Å². The van der Waals surface area contributed by atoms with Gasteiger partial charge in [0.2, 0.25) is 11.9 Å². The number of hydrogen-bond acceptors (Lipinski definition) is 4. The lowest BCUT2D eigenvalue weighted by atomic mass is 10.3. The fourth-order valence-corrected chi connectivity index (χ4v) is 1.81. The zero-order valence-corrected chi connectivity index (χ0v) is 10.2. The largest absolute Gasteiger partial charge is 0.366 e. The maximum Gasteiger partial charge on any atom is 0.241 e. The standard InChI is InChI=1S/C14H13N5/c15-13-17-14(16-11-7-3-1-4-8-11)19(18-13)12-9-5-2-6-10-12/h1-10H,(H3,15,16,17,18). The van der Waals surface area contributed by atoms with Gasteiger partial charge in [0, 0.05) is 5.69 Å². The number of para-hydroxylation sites is 2. The van der Waals surface area contributed by atoms with Gasteiger partial charge in [-0.25, -0.2) is 0 Å². The van der Waals surface area contributed by atoms with Crippen molar-refractivity contribution >= 4 is 17.6 Å². The molecule has 0 aliphatic carbocycles. The third kappa shape index (κ3) is 2.40. The number of rotatable bonds is 3. The van der Waals surface area contributed by atoms with Crippen LogP contribution in [0.3, 0.4) is 0 Å². The summed E-state index contributed by atoms with van der Waals surface area (Å²) < 4.78 is 1.68. The van der Waals surface area contributed by atoms with Gasteiger partial charge in [0.15, 0.2) is 0 Å². The van der Waals surface area contributed by atoms with E-state index in [1.807, 2.05) is 60.7 Å². The Morgan fingerprint density at radius 3 is 2.21 bits per heavy atom. The summed E-state index contributed by atoms with van der Waals surface area (Å²) >= 11 is 0. The number of nitrogens with zero attached hydrogens (tertiary/aromatic N) is 3. The molecule has 0 spiro atoms. The highest BCUT2D eigenvalue weighted by Crippen LogP contribution is 2.18. The molecule has 0 aliphatic rings. The van der Waals surface area contributed by atoms with Gasteiger partial charge in [-0.3, -0.25) is 0 Å². The molecule has 5 nitrogen and oxygen atoms in total. The highest BCUT2D eigenvalue weighted by molar-refractivity contribution is 5.56. The van der Waals surface area contributed by atoms with E-state index < -0.39 is 0 Å². The van der Waals surface area contributed by atoms with Crippen LogP contribution in [0, 0.1) is 0 Å². The lowest BCUT2D eigenvalue weighted by Crippen LogP contribution is -2.03. The molecule has 0 aliphatic heterocycles. The third-order valence-electron chi connectivity index (χ3n) is 2.65. The normalized spacial score (nSPS) is 10.3. The molecule has 2 aromatic carbocycles. The Kier molecular flexibility index (Phi) is 2.86. The molecule has 3 aromatic rings. The number of hydrogen-bond donors (Lipinski definition) is 2. The Morgan fingerprint density at radius 2 is 1.53 bits per heavy atom. The van der Waals surface area contributed by atoms with E-state index in [9.17, 15) is 0 Å². The van der Waals surface area contributed by atoms with Crippen molar-refractivity contribution in [2.24, 2.45) is 0 Å².